The standard InChI is InChI=1S/C13H19FN2O/c1-9(2)4-5-10(3)16-13(17)11-6-7-15-8-12(11)14/h6-10H,4-5H2,1-3H3,(H,16,17). The molecule has 0 bridgehead atoms. The van der Waals surface area contributed by atoms with Gasteiger partial charge in [0.1, 0.15) is 0 Å². The van der Waals surface area contributed by atoms with E-state index in [2.05, 4.69) is 24.1 Å². The third-order valence-corrected chi connectivity index (χ3v) is 2.57. The second-order valence-corrected chi connectivity index (χ2v) is 4.70. The molecule has 0 aliphatic rings. The van der Waals surface area contributed by atoms with Crippen LogP contribution in [0.4, 0.5) is 4.39 Å². The van der Waals surface area contributed by atoms with E-state index >= 15 is 0 Å². The van der Waals surface area contributed by atoms with Gasteiger partial charge in [0, 0.05) is 12.2 Å². The van der Waals surface area contributed by atoms with Crippen molar-refractivity contribution in [2.24, 2.45) is 5.92 Å². The van der Waals surface area contributed by atoms with Crippen molar-refractivity contribution in [2.45, 2.75) is 39.7 Å². The molecule has 0 aromatic carbocycles. The molecule has 0 aliphatic heterocycles. The zero-order valence-electron chi connectivity index (χ0n) is 10.5. The maximum Gasteiger partial charge on any atom is 0.254 e. The monoisotopic (exact) mass is 238 g/mol. The van der Waals surface area contributed by atoms with Gasteiger partial charge in [-0.25, -0.2) is 4.39 Å². The Balaban J connectivity index is 2.52. The molecule has 94 valence electrons. The SMILES string of the molecule is CC(C)CCC(C)NC(=O)c1ccncc1F. The Bertz CT molecular complexity index is 379. The molecule has 3 nitrogen and oxygen atoms in total. The lowest BCUT2D eigenvalue weighted by Gasteiger charge is -2.15. The van der Waals surface area contributed by atoms with Crippen molar-refractivity contribution < 1.29 is 9.18 Å². The molecule has 1 amide bonds. The number of nitrogens with zero attached hydrogens (tertiary/aromatic N) is 1. The van der Waals surface area contributed by atoms with Crippen molar-refractivity contribution in [3.05, 3.63) is 29.8 Å². The van der Waals surface area contributed by atoms with Crippen LogP contribution in [0.25, 0.3) is 0 Å². The molecule has 4 heteroatoms. The summed E-state index contributed by atoms with van der Waals surface area (Å²) in [6, 6.07) is 1.44. The van der Waals surface area contributed by atoms with Crippen LogP contribution >= 0.6 is 0 Å². The van der Waals surface area contributed by atoms with Gasteiger partial charge in [-0.3, -0.25) is 9.78 Å². The van der Waals surface area contributed by atoms with Crippen molar-refractivity contribution in [1.29, 1.82) is 0 Å². The quantitative estimate of drug-likeness (QED) is 0.857. The number of halogens is 1. The smallest absolute Gasteiger partial charge is 0.254 e. The second kappa shape index (κ2) is 6.33. The maximum atomic E-state index is 13.3. The van der Waals surface area contributed by atoms with Crippen LogP contribution in [0.3, 0.4) is 0 Å². The molecule has 0 spiro atoms. The molecule has 0 aliphatic carbocycles. The fourth-order valence-corrected chi connectivity index (χ4v) is 1.52. The lowest BCUT2D eigenvalue weighted by molar-refractivity contribution is 0.0933. The number of pyridine rings is 1. The third kappa shape index (κ3) is 4.51. The van der Waals surface area contributed by atoms with Gasteiger partial charge in [0.25, 0.3) is 5.91 Å². The van der Waals surface area contributed by atoms with Crippen LogP contribution < -0.4 is 5.32 Å². The Morgan fingerprint density at radius 1 is 1.41 bits per heavy atom. The normalized spacial score (nSPS) is 12.5. The Morgan fingerprint density at radius 3 is 2.71 bits per heavy atom. The molecule has 0 saturated heterocycles. The molecule has 1 unspecified atom stereocenters. The van der Waals surface area contributed by atoms with Gasteiger partial charge in [0.05, 0.1) is 11.8 Å². The first kappa shape index (κ1) is 13.6. The van der Waals surface area contributed by atoms with E-state index < -0.39 is 5.82 Å². The summed E-state index contributed by atoms with van der Waals surface area (Å²) < 4.78 is 13.3. The van der Waals surface area contributed by atoms with Crippen molar-refractivity contribution in [3.63, 3.8) is 0 Å². The Labute approximate surface area is 101 Å². The minimum atomic E-state index is -0.582. The summed E-state index contributed by atoms with van der Waals surface area (Å²) in [7, 11) is 0. The summed E-state index contributed by atoms with van der Waals surface area (Å²) in [6.45, 7) is 6.20. The highest BCUT2D eigenvalue weighted by Gasteiger charge is 2.13. The summed E-state index contributed by atoms with van der Waals surface area (Å²) in [6.07, 6.45) is 4.40. The fraction of sp³-hybridized carbons (Fsp3) is 0.538. The molecular weight excluding hydrogens is 219 g/mol. The molecule has 1 heterocycles. The minimum Gasteiger partial charge on any atom is -0.349 e. The number of hydrogen-bond donors (Lipinski definition) is 1. The van der Waals surface area contributed by atoms with Crippen molar-refractivity contribution in [1.82, 2.24) is 10.3 Å². The van der Waals surface area contributed by atoms with Crippen LogP contribution in [0.1, 0.15) is 44.0 Å². The van der Waals surface area contributed by atoms with E-state index in [0.29, 0.717) is 5.92 Å². The van der Waals surface area contributed by atoms with Gasteiger partial charge in [0.2, 0.25) is 0 Å². The average Bonchev–Trinajstić information content (AvgIpc) is 2.26. The molecule has 0 fully saturated rings. The molecule has 1 aromatic rings. The molecule has 0 radical (unpaired) electrons. The molecule has 17 heavy (non-hydrogen) atoms. The van der Waals surface area contributed by atoms with Gasteiger partial charge >= 0.3 is 0 Å². The first-order valence-electron chi connectivity index (χ1n) is 5.91. The van der Waals surface area contributed by atoms with Gasteiger partial charge < -0.3 is 5.32 Å². The highest BCUT2D eigenvalue weighted by molar-refractivity contribution is 5.94. The van der Waals surface area contributed by atoms with Crippen molar-refractivity contribution >= 4 is 5.91 Å². The van der Waals surface area contributed by atoms with Crippen LogP contribution in [0, 0.1) is 11.7 Å². The molecule has 1 aromatic heterocycles. The Kier molecular flexibility index (Phi) is 5.07. The van der Waals surface area contributed by atoms with E-state index in [-0.39, 0.29) is 17.5 Å². The van der Waals surface area contributed by atoms with Crippen molar-refractivity contribution in [2.75, 3.05) is 0 Å². The number of rotatable bonds is 5. The van der Waals surface area contributed by atoms with E-state index in [0.717, 1.165) is 19.0 Å². The molecule has 1 rings (SSSR count). The number of aromatic nitrogens is 1. The first-order chi connectivity index (χ1) is 8.00. The maximum absolute atomic E-state index is 13.3. The first-order valence-corrected chi connectivity index (χ1v) is 5.91. The summed E-state index contributed by atoms with van der Waals surface area (Å²) in [5.41, 5.74) is 0.0522. The topological polar surface area (TPSA) is 42.0 Å². The van der Waals surface area contributed by atoms with Gasteiger partial charge in [-0.05, 0) is 31.7 Å². The van der Waals surface area contributed by atoms with Gasteiger partial charge in [-0.15, -0.1) is 0 Å². The number of carbonyl (C=O) groups excluding carboxylic acids is 1. The number of amides is 1. The second-order valence-electron chi connectivity index (χ2n) is 4.70. The third-order valence-electron chi connectivity index (χ3n) is 2.57. The predicted molar refractivity (Wildman–Crippen MR) is 65.2 cm³/mol. The van der Waals surface area contributed by atoms with Crippen LogP contribution in [0.5, 0.6) is 0 Å². The zero-order valence-corrected chi connectivity index (χ0v) is 10.5. The van der Waals surface area contributed by atoms with E-state index in [4.69, 9.17) is 0 Å². The molecular formula is C13H19FN2O. The van der Waals surface area contributed by atoms with Crippen LogP contribution in [0.2, 0.25) is 0 Å². The number of carbonyl (C=O) groups is 1. The van der Waals surface area contributed by atoms with Gasteiger partial charge in [-0.2, -0.15) is 0 Å². The van der Waals surface area contributed by atoms with Crippen LogP contribution in [0.15, 0.2) is 18.5 Å². The van der Waals surface area contributed by atoms with E-state index in [9.17, 15) is 9.18 Å². The zero-order chi connectivity index (χ0) is 12.8. The summed E-state index contributed by atoms with van der Waals surface area (Å²) in [5.74, 6) is -0.353. The van der Waals surface area contributed by atoms with E-state index in [1.165, 1.54) is 12.3 Å². The van der Waals surface area contributed by atoms with Gasteiger partial charge in [-0.1, -0.05) is 13.8 Å². The lowest BCUT2D eigenvalue weighted by Crippen LogP contribution is -2.33. The summed E-state index contributed by atoms with van der Waals surface area (Å²) in [4.78, 5) is 15.4. The number of nitrogens with one attached hydrogen (secondary N) is 1. The Morgan fingerprint density at radius 2 is 2.12 bits per heavy atom. The van der Waals surface area contributed by atoms with E-state index in [1.54, 1.807) is 0 Å². The highest BCUT2D eigenvalue weighted by Crippen LogP contribution is 2.08. The average molecular weight is 238 g/mol. The predicted octanol–water partition coefficient (Wildman–Crippen LogP) is 2.78. The molecule has 0 saturated carbocycles. The summed E-state index contributed by atoms with van der Waals surface area (Å²) >= 11 is 0. The van der Waals surface area contributed by atoms with Crippen molar-refractivity contribution in [3.8, 4) is 0 Å². The van der Waals surface area contributed by atoms with Gasteiger partial charge in [0.15, 0.2) is 5.82 Å². The van der Waals surface area contributed by atoms with Crippen LogP contribution in [-0.2, 0) is 0 Å². The minimum absolute atomic E-state index is 0.0522. The fourth-order valence-electron chi connectivity index (χ4n) is 1.52. The summed E-state index contributed by atoms with van der Waals surface area (Å²) in [5, 5.41) is 2.79. The Hall–Kier alpha value is -1.45. The molecule has 1 atom stereocenters. The molecule has 1 N–H and O–H groups in total. The lowest BCUT2D eigenvalue weighted by atomic mass is 10.0. The number of hydrogen-bond acceptors (Lipinski definition) is 2. The highest BCUT2D eigenvalue weighted by atomic mass is 19.1. The van der Waals surface area contributed by atoms with E-state index in [1.807, 2.05) is 6.92 Å². The van der Waals surface area contributed by atoms with Crippen LogP contribution in [-0.4, -0.2) is 16.9 Å². The largest absolute Gasteiger partial charge is 0.349 e.